The number of rotatable bonds is 4. The maximum Gasteiger partial charge on any atom is 0.142 e. The van der Waals surface area contributed by atoms with Crippen molar-refractivity contribution < 1.29 is 60.5 Å². The van der Waals surface area contributed by atoms with Crippen LogP contribution in [0.25, 0.3) is 0 Å². The van der Waals surface area contributed by atoms with Crippen LogP contribution >= 0.6 is 0 Å². The van der Waals surface area contributed by atoms with E-state index in [0.717, 1.165) is 13.0 Å². The van der Waals surface area contributed by atoms with Gasteiger partial charge in [0.15, 0.2) is 0 Å². The minimum atomic E-state index is -0.954. The number of ether oxygens (including phenoxy) is 5. The number of hydrogen-bond donors (Lipinski definition) is 4. The molecule has 4 radical (unpaired) electrons. The SMILES string of the molecule is C.COC[C@@H]1CC[C@H](C)O1.O.O.O.[B][C@@H]1O[C@@]2(CO)CO[C@H]1C2O.[B][C@@H]1O[C@](C)(CO)C(O)[C@@H]1C. The van der Waals surface area contributed by atoms with E-state index in [1.54, 1.807) is 21.0 Å². The van der Waals surface area contributed by atoms with Gasteiger partial charge in [-0.05, 0) is 26.7 Å². The first-order chi connectivity index (χ1) is 14.5. The second kappa shape index (κ2) is 16.5. The number of methoxy groups -OCH3 is 1. The molecule has 0 aliphatic carbocycles. The van der Waals surface area contributed by atoms with Crippen LogP contribution in [-0.2, 0) is 23.7 Å². The topological polar surface area (TPSA) is 222 Å². The van der Waals surface area contributed by atoms with Crippen LogP contribution in [-0.4, -0.2) is 140 Å². The lowest BCUT2D eigenvalue weighted by atomic mass is 9.84. The second-order valence-corrected chi connectivity index (χ2v) is 8.98. The third kappa shape index (κ3) is 8.87. The molecule has 0 amide bonds. The summed E-state index contributed by atoms with van der Waals surface area (Å²) < 4.78 is 25.9. The van der Waals surface area contributed by atoms with Gasteiger partial charge in [-0.3, -0.25) is 0 Å². The molecule has 0 aromatic rings. The van der Waals surface area contributed by atoms with Gasteiger partial charge in [0.25, 0.3) is 0 Å². The van der Waals surface area contributed by atoms with Crippen molar-refractivity contribution in [3.63, 3.8) is 0 Å². The summed E-state index contributed by atoms with van der Waals surface area (Å²) in [4.78, 5) is 0. The first-order valence-electron chi connectivity index (χ1n) is 10.7. The summed E-state index contributed by atoms with van der Waals surface area (Å²) in [5.41, 5.74) is -1.83. The van der Waals surface area contributed by atoms with Crippen molar-refractivity contribution in [2.45, 2.75) is 94.8 Å². The molecule has 10 atom stereocenters. The maximum absolute atomic E-state index is 9.52. The molecule has 4 aliphatic rings. The number of aliphatic hydroxyl groups excluding tert-OH is 4. The van der Waals surface area contributed by atoms with E-state index in [9.17, 15) is 10.2 Å². The fourth-order valence-corrected chi connectivity index (χ4v) is 4.15. The molecule has 4 heterocycles. The molecule has 208 valence electrons. The van der Waals surface area contributed by atoms with Crippen molar-refractivity contribution >= 4 is 15.7 Å². The zero-order valence-electron chi connectivity index (χ0n) is 20.3. The van der Waals surface area contributed by atoms with Crippen LogP contribution in [0.5, 0.6) is 0 Å². The average Bonchev–Trinajstić information content (AvgIpc) is 3.42. The van der Waals surface area contributed by atoms with Gasteiger partial charge in [0.05, 0.1) is 44.7 Å². The Bertz CT molecular complexity index is 560. The lowest BCUT2D eigenvalue weighted by Crippen LogP contribution is -2.44. The van der Waals surface area contributed by atoms with Crippen LogP contribution < -0.4 is 0 Å². The van der Waals surface area contributed by atoms with Gasteiger partial charge in [-0.2, -0.15) is 0 Å². The quantitative estimate of drug-likeness (QED) is 0.276. The van der Waals surface area contributed by atoms with Gasteiger partial charge in [-0.25, -0.2) is 0 Å². The molecule has 4 fully saturated rings. The minimum Gasteiger partial charge on any atom is -0.412 e. The minimum absolute atomic E-state index is 0. The molecule has 0 aromatic heterocycles. The summed E-state index contributed by atoms with van der Waals surface area (Å²) in [7, 11) is 12.7. The lowest BCUT2D eigenvalue weighted by Gasteiger charge is -2.27. The normalized spacial score (nSPS) is 42.6. The maximum atomic E-state index is 9.52. The molecule has 4 rings (SSSR count). The van der Waals surface area contributed by atoms with Crippen molar-refractivity contribution in [2.75, 3.05) is 33.5 Å². The Labute approximate surface area is 211 Å². The molecule has 0 saturated carbocycles. The van der Waals surface area contributed by atoms with Gasteiger partial charge >= 0.3 is 0 Å². The van der Waals surface area contributed by atoms with Gasteiger partial charge in [-0.15, -0.1) is 0 Å². The number of aliphatic hydroxyl groups is 4. The number of hydrogen-bond acceptors (Lipinski definition) is 9. The molecule has 2 bridgehead atoms. The Morgan fingerprint density at radius 2 is 1.54 bits per heavy atom. The van der Waals surface area contributed by atoms with Crippen LogP contribution in [0.3, 0.4) is 0 Å². The highest BCUT2D eigenvalue weighted by Gasteiger charge is 2.58. The van der Waals surface area contributed by atoms with Crippen LogP contribution in [0.1, 0.15) is 41.0 Å². The Hall–Kier alpha value is -0.350. The highest BCUT2D eigenvalue weighted by Crippen LogP contribution is 2.38. The van der Waals surface area contributed by atoms with Crippen LogP contribution in [0.4, 0.5) is 0 Å². The van der Waals surface area contributed by atoms with Crippen LogP contribution in [0.2, 0.25) is 0 Å². The van der Waals surface area contributed by atoms with Gasteiger partial charge in [0.1, 0.15) is 39.1 Å². The summed E-state index contributed by atoms with van der Waals surface area (Å²) in [5.74, 6) is -0.118. The van der Waals surface area contributed by atoms with Gasteiger partial charge < -0.3 is 60.5 Å². The standard InChI is InChI=1S/C7H13BO3.C7H14O2.C6H9BO4.CH4.3H2O/c1-4-5(10)7(2,3-9)11-6(4)8;1-6-3-4-7(9-6)5-8-2;7-5-3-4(9)6(1-8,11-5)2-10-3;;;;/h4-6,9-10H,3H2,1-2H3;6-7H,3-5H2,1-2H3;3-5,8-9H,1-2H2;1H4;3*1H2/t4-,5?,6+,7+;6-,7-;3-,4?,5+,6-;;;;/m000..../s1. The van der Waals surface area contributed by atoms with Crippen molar-refractivity contribution in [3.05, 3.63) is 0 Å². The molecule has 35 heavy (non-hydrogen) atoms. The van der Waals surface area contributed by atoms with Gasteiger partial charge in [0.2, 0.25) is 0 Å². The zero-order chi connectivity index (χ0) is 23.4. The van der Waals surface area contributed by atoms with E-state index in [1.807, 2.05) is 0 Å². The molecular formula is C21H46B2O12. The first kappa shape index (κ1) is 39.2. The second-order valence-electron chi connectivity index (χ2n) is 8.98. The Balaban J connectivity index is -0.000000417. The summed E-state index contributed by atoms with van der Waals surface area (Å²) in [6.07, 6.45) is 1.23. The third-order valence-electron chi connectivity index (χ3n) is 6.37. The fraction of sp³-hybridized carbons (Fsp3) is 1.00. The monoisotopic (exact) mass is 512 g/mol. The zero-order valence-corrected chi connectivity index (χ0v) is 20.3. The number of fused-ring (bicyclic) bond motifs is 2. The van der Waals surface area contributed by atoms with Crippen LogP contribution in [0, 0.1) is 5.92 Å². The summed E-state index contributed by atoms with van der Waals surface area (Å²) >= 11 is 0. The molecular weight excluding hydrogens is 466 g/mol. The smallest absolute Gasteiger partial charge is 0.142 e. The average molecular weight is 512 g/mol. The summed E-state index contributed by atoms with van der Waals surface area (Å²) in [5, 5.41) is 36.8. The van der Waals surface area contributed by atoms with Crippen molar-refractivity contribution in [1.29, 1.82) is 0 Å². The fourth-order valence-electron chi connectivity index (χ4n) is 4.15. The molecule has 10 N–H and O–H groups in total. The van der Waals surface area contributed by atoms with Crippen molar-refractivity contribution in [3.8, 4) is 0 Å². The highest BCUT2D eigenvalue weighted by molar-refractivity contribution is 6.12. The van der Waals surface area contributed by atoms with Crippen molar-refractivity contribution in [1.82, 2.24) is 0 Å². The largest absolute Gasteiger partial charge is 0.412 e. The van der Waals surface area contributed by atoms with Crippen molar-refractivity contribution in [2.24, 2.45) is 5.92 Å². The first-order valence-corrected chi connectivity index (χ1v) is 10.7. The molecule has 4 aliphatic heterocycles. The van der Waals surface area contributed by atoms with Gasteiger partial charge in [0, 0.05) is 25.0 Å². The molecule has 4 saturated heterocycles. The third-order valence-corrected chi connectivity index (χ3v) is 6.37. The van der Waals surface area contributed by atoms with E-state index in [0.29, 0.717) is 12.2 Å². The molecule has 0 aromatic carbocycles. The van der Waals surface area contributed by atoms with Crippen LogP contribution in [0.15, 0.2) is 0 Å². The summed E-state index contributed by atoms with van der Waals surface area (Å²) in [6, 6.07) is -1.08. The van der Waals surface area contributed by atoms with Gasteiger partial charge in [-0.1, -0.05) is 14.4 Å². The molecule has 14 heteroatoms. The lowest BCUT2D eigenvalue weighted by molar-refractivity contribution is -0.136. The van der Waals surface area contributed by atoms with E-state index in [1.165, 1.54) is 6.42 Å². The molecule has 12 nitrogen and oxygen atoms in total. The van der Waals surface area contributed by atoms with E-state index >= 15 is 0 Å². The van der Waals surface area contributed by atoms with E-state index < -0.39 is 41.5 Å². The summed E-state index contributed by atoms with van der Waals surface area (Å²) in [6.45, 7) is 6.09. The van der Waals surface area contributed by atoms with E-state index in [4.69, 9.17) is 49.6 Å². The predicted molar refractivity (Wildman–Crippen MR) is 130 cm³/mol. The Kier molecular flexibility index (Phi) is 18.4. The Morgan fingerprint density at radius 3 is 1.80 bits per heavy atom. The Morgan fingerprint density at radius 1 is 0.943 bits per heavy atom. The molecule has 2 unspecified atom stereocenters. The molecule has 0 spiro atoms. The highest BCUT2D eigenvalue weighted by atomic mass is 16.6. The predicted octanol–water partition coefficient (Wildman–Crippen LogP) is -3.38. The van der Waals surface area contributed by atoms with E-state index in [2.05, 4.69) is 6.92 Å². The van der Waals surface area contributed by atoms with E-state index in [-0.39, 0.29) is 49.6 Å².